The van der Waals surface area contributed by atoms with Gasteiger partial charge in [-0.25, -0.2) is 0 Å². The molecule has 0 unspecified atom stereocenters. The Morgan fingerprint density at radius 1 is 0.300 bits per heavy atom. The summed E-state index contributed by atoms with van der Waals surface area (Å²) in [7, 11) is 2.78. The molecule has 3 nitrogen and oxygen atoms in total. The largest absolute Gasteiger partial charge is 0.500 e. The van der Waals surface area contributed by atoms with Crippen LogP contribution in [0.25, 0.3) is 0 Å². The number of alkyl halides is 1. The van der Waals surface area contributed by atoms with Gasteiger partial charge in [0.1, 0.15) is 0 Å². The van der Waals surface area contributed by atoms with Crippen LogP contribution in [-0.4, -0.2) is 36.0 Å². The van der Waals surface area contributed by atoms with Crippen LogP contribution in [-0.2, 0) is 13.3 Å². The van der Waals surface area contributed by atoms with Gasteiger partial charge in [0, 0.05) is 33.3 Å². The molecule has 0 saturated heterocycles. The van der Waals surface area contributed by atoms with Gasteiger partial charge in [0.15, 0.2) is 0 Å². The molecular weight excluding hydrogens is 532 g/mol. The number of unbranched alkanes of at least 4 members (excludes halogenated alkanes) is 29. The topological polar surface area (TPSA) is 27.7 Å². The van der Waals surface area contributed by atoms with Gasteiger partial charge in [0.2, 0.25) is 0 Å². The van der Waals surface area contributed by atoms with E-state index >= 15 is 0 Å². The summed E-state index contributed by atoms with van der Waals surface area (Å²) in [6, 6.07) is 0.939. The lowest BCUT2D eigenvalue weighted by molar-refractivity contribution is 0.122. The third kappa shape index (κ3) is 28.5. The van der Waals surface area contributed by atoms with Gasteiger partial charge >= 0.3 is 8.80 Å². The second-order valence-corrected chi connectivity index (χ2v) is 15.8. The first-order valence-electron chi connectivity index (χ1n) is 18.0. The van der Waals surface area contributed by atoms with Crippen molar-refractivity contribution in [3.63, 3.8) is 0 Å². The van der Waals surface area contributed by atoms with Gasteiger partial charge in [-0.2, -0.15) is 0 Å². The molecule has 0 atom stereocenters. The lowest BCUT2D eigenvalue weighted by atomic mass is 10.0. The Labute approximate surface area is 259 Å². The highest BCUT2D eigenvalue weighted by molar-refractivity contribution is 6.60. The maximum Gasteiger partial charge on any atom is 0.500 e. The summed E-state index contributed by atoms with van der Waals surface area (Å²) >= 11 is 5.73. The van der Waals surface area contributed by atoms with E-state index in [1.165, 1.54) is 186 Å². The van der Waals surface area contributed by atoms with Crippen molar-refractivity contribution in [1.82, 2.24) is 0 Å². The van der Waals surface area contributed by atoms with Crippen LogP contribution < -0.4 is 0 Å². The average Bonchev–Trinajstić information content (AvgIpc) is 2.98. The summed E-state index contributed by atoms with van der Waals surface area (Å²) in [6.07, 6.45) is 42.5. The molecule has 0 heterocycles. The molecular formula is C35H73ClO3Si. The molecule has 0 aliphatic heterocycles. The van der Waals surface area contributed by atoms with Gasteiger partial charge in [-0.1, -0.05) is 180 Å². The molecule has 0 fully saturated rings. The zero-order valence-corrected chi connectivity index (χ0v) is 29.5. The summed E-state index contributed by atoms with van der Waals surface area (Å²) in [4.78, 5) is 0. The van der Waals surface area contributed by atoms with Crippen molar-refractivity contribution in [1.29, 1.82) is 0 Å². The van der Waals surface area contributed by atoms with Gasteiger partial charge < -0.3 is 13.3 Å². The van der Waals surface area contributed by atoms with Crippen LogP contribution in [0.4, 0.5) is 0 Å². The molecule has 0 aromatic carbocycles. The van der Waals surface area contributed by atoms with E-state index in [0.717, 1.165) is 18.3 Å². The number of rotatable bonds is 35. The first kappa shape index (κ1) is 40.4. The molecule has 40 heavy (non-hydrogen) atoms. The first-order chi connectivity index (χ1) is 19.7. The van der Waals surface area contributed by atoms with E-state index in [0.29, 0.717) is 0 Å². The van der Waals surface area contributed by atoms with Crippen LogP contribution in [0, 0.1) is 0 Å². The first-order valence-corrected chi connectivity index (χ1v) is 20.4. The maximum atomic E-state index is 5.73. The zero-order valence-electron chi connectivity index (χ0n) is 27.7. The lowest BCUT2D eigenvalue weighted by Crippen LogP contribution is -2.42. The second-order valence-electron chi connectivity index (χ2n) is 12.3. The van der Waals surface area contributed by atoms with E-state index in [1.54, 1.807) is 21.3 Å². The van der Waals surface area contributed by atoms with Gasteiger partial charge in [0.05, 0.1) is 0 Å². The molecule has 242 valence electrons. The predicted molar refractivity (Wildman–Crippen MR) is 181 cm³/mol. The van der Waals surface area contributed by atoms with E-state index < -0.39 is 8.80 Å². The van der Waals surface area contributed by atoms with Crippen molar-refractivity contribution in [3.8, 4) is 0 Å². The molecule has 0 rings (SSSR count). The molecule has 0 bridgehead atoms. The fraction of sp³-hybridized carbons (Fsp3) is 1.00. The van der Waals surface area contributed by atoms with E-state index in [2.05, 4.69) is 0 Å². The number of halogens is 1. The van der Waals surface area contributed by atoms with Crippen LogP contribution in [0.1, 0.15) is 193 Å². The minimum atomic E-state index is -2.34. The second kappa shape index (κ2) is 33.9. The monoisotopic (exact) mass is 605 g/mol. The number of hydrogen-bond donors (Lipinski definition) is 0. The molecule has 5 heteroatoms. The third-order valence-electron chi connectivity index (χ3n) is 8.80. The quantitative estimate of drug-likeness (QED) is 0.0409. The lowest BCUT2D eigenvalue weighted by Gasteiger charge is -2.24. The highest BCUT2D eigenvalue weighted by Gasteiger charge is 2.36. The fourth-order valence-corrected chi connectivity index (χ4v) is 7.93. The normalized spacial score (nSPS) is 12.0. The fourth-order valence-electron chi connectivity index (χ4n) is 5.94. The average molecular weight is 606 g/mol. The maximum absolute atomic E-state index is 5.73. The predicted octanol–water partition coefficient (Wildman–Crippen LogP) is 12.8. The Balaban J connectivity index is 3.12. The highest BCUT2D eigenvalue weighted by atomic mass is 35.5. The molecule has 0 N–H and O–H groups in total. The van der Waals surface area contributed by atoms with Crippen LogP contribution >= 0.6 is 11.6 Å². The minimum absolute atomic E-state index is 0.842. The van der Waals surface area contributed by atoms with Gasteiger partial charge in [-0.05, 0) is 12.8 Å². The molecule has 0 aliphatic rings. The summed E-state index contributed by atoms with van der Waals surface area (Å²) < 4.78 is 16.5. The molecule has 0 saturated carbocycles. The molecule has 0 aromatic rings. The van der Waals surface area contributed by atoms with E-state index in [9.17, 15) is 0 Å². The van der Waals surface area contributed by atoms with Crippen LogP contribution in [0.5, 0.6) is 0 Å². The Hall–Kier alpha value is 0.387. The standard InChI is InChI=1S/C35H73ClO3Si/c1-37-40(38-2,39-3)35-33-31-29-27-25-23-21-19-17-15-13-11-9-7-5-4-6-8-10-12-14-16-18-20-22-24-26-28-30-32-34-36/h4-35H2,1-3H3. The summed E-state index contributed by atoms with van der Waals surface area (Å²) in [5, 5.41) is 0. The smallest absolute Gasteiger partial charge is 0.377 e. The highest BCUT2D eigenvalue weighted by Crippen LogP contribution is 2.19. The Morgan fingerprint density at radius 2 is 0.475 bits per heavy atom. The minimum Gasteiger partial charge on any atom is -0.377 e. The Kier molecular flexibility index (Phi) is 34.2. The van der Waals surface area contributed by atoms with Crippen molar-refractivity contribution in [2.45, 2.75) is 199 Å². The molecule has 0 aliphatic carbocycles. The van der Waals surface area contributed by atoms with E-state index in [-0.39, 0.29) is 0 Å². The van der Waals surface area contributed by atoms with Crippen LogP contribution in [0.15, 0.2) is 0 Å². The van der Waals surface area contributed by atoms with Gasteiger partial charge in [0.25, 0.3) is 0 Å². The molecule has 0 spiro atoms. The van der Waals surface area contributed by atoms with Crippen LogP contribution in [0.2, 0.25) is 6.04 Å². The van der Waals surface area contributed by atoms with Crippen LogP contribution in [0.3, 0.4) is 0 Å². The van der Waals surface area contributed by atoms with Crippen molar-refractivity contribution < 1.29 is 13.3 Å². The van der Waals surface area contributed by atoms with E-state index in [4.69, 9.17) is 24.9 Å². The SMILES string of the molecule is CO[Si](CCCCCCCCCCCCCCCCCCCCCCCCCCCCCCCCCl)(OC)OC. The van der Waals surface area contributed by atoms with Gasteiger partial charge in [-0.3, -0.25) is 0 Å². The molecule has 0 amide bonds. The van der Waals surface area contributed by atoms with Crippen molar-refractivity contribution in [2.24, 2.45) is 0 Å². The number of hydrogen-bond acceptors (Lipinski definition) is 3. The summed E-state index contributed by atoms with van der Waals surface area (Å²) in [5.41, 5.74) is 0. The zero-order chi connectivity index (χ0) is 29.2. The van der Waals surface area contributed by atoms with Crippen molar-refractivity contribution in [2.75, 3.05) is 27.2 Å². The Morgan fingerprint density at radius 3 is 0.650 bits per heavy atom. The third-order valence-corrected chi connectivity index (χ3v) is 11.9. The van der Waals surface area contributed by atoms with Crippen molar-refractivity contribution >= 4 is 20.4 Å². The van der Waals surface area contributed by atoms with E-state index in [1.807, 2.05) is 0 Å². The van der Waals surface area contributed by atoms with Gasteiger partial charge in [-0.15, -0.1) is 11.6 Å². The van der Waals surface area contributed by atoms with Crippen molar-refractivity contribution in [3.05, 3.63) is 0 Å². The molecule has 0 aromatic heterocycles. The summed E-state index contributed by atoms with van der Waals surface area (Å²) in [6.45, 7) is 0. The summed E-state index contributed by atoms with van der Waals surface area (Å²) in [5.74, 6) is 0.842. The molecule has 0 radical (unpaired) electrons. The Bertz CT molecular complexity index is 454.